The highest BCUT2D eigenvalue weighted by atomic mass is 79.9. The minimum absolute atomic E-state index is 0.953. The molecule has 0 N–H and O–H groups in total. The SMILES string of the molecule is C#Cc1cc(Br)ccc1C. The van der Waals surface area contributed by atoms with Gasteiger partial charge in [-0.2, -0.15) is 0 Å². The van der Waals surface area contributed by atoms with Crippen LogP contribution in [-0.4, -0.2) is 0 Å². The van der Waals surface area contributed by atoms with E-state index in [4.69, 9.17) is 6.42 Å². The van der Waals surface area contributed by atoms with Crippen molar-refractivity contribution in [2.24, 2.45) is 0 Å². The number of halogens is 1. The van der Waals surface area contributed by atoms with Gasteiger partial charge in [0.2, 0.25) is 0 Å². The molecule has 0 bridgehead atoms. The Morgan fingerprint density at radius 1 is 1.50 bits per heavy atom. The molecule has 0 fully saturated rings. The van der Waals surface area contributed by atoms with Gasteiger partial charge in [0.05, 0.1) is 0 Å². The molecule has 0 saturated carbocycles. The third-order valence-electron chi connectivity index (χ3n) is 1.36. The maximum Gasteiger partial charge on any atom is 0.0283 e. The van der Waals surface area contributed by atoms with E-state index in [-0.39, 0.29) is 0 Å². The third-order valence-corrected chi connectivity index (χ3v) is 1.85. The van der Waals surface area contributed by atoms with E-state index in [0.29, 0.717) is 0 Å². The zero-order valence-electron chi connectivity index (χ0n) is 5.69. The fraction of sp³-hybridized carbons (Fsp3) is 0.111. The standard InChI is InChI=1S/C9H7Br/c1-3-8-6-9(10)5-4-7(8)2/h1,4-6H,2H3. The summed E-state index contributed by atoms with van der Waals surface area (Å²) >= 11 is 3.34. The van der Waals surface area contributed by atoms with E-state index in [1.54, 1.807) is 0 Å². The first-order chi connectivity index (χ1) is 4.74. The van der Waals surface area contributed by atoms with Crippen LogP contribution in [0.25, 0.3) is 0 Å². The summed E-state index contributed by atoms with van der Waals surface area (Å²) in [6.45, 7) is 2.00. The van der Waals surface area contributed by atoms with Gasteiger partial charge in [-0.05, 0) is 24.6 Å². The van der Waals surface area contributed by atoms with Crippen molar-refractivity contribution in [3.63, 3.8) is 0 Å². The van der Waals surface area contributed by atoms with E-state index in [0.717, 1.165) is 15.6 Å². The monoisotopic (exact) mass is 194 g/mol. The second-order valence-corrected chi connectivity index (χ2v) is 3.02. The summed E-state index contributed by atoms with van der Waals surface area (Å²) in [6, 6.07) is 5.92. The van der Waals surface area contributed by atoms with Crippen LogP contribution in [-0.2, 0) is 0 Å². The number of benzene rings is 1. The van der Waals surface area contributed by atoms with Crippen LogP contribution in [0, 0.1) is 19.3 Å². The maximum atomic E-state index is 5.25. The lowest BCUT2D eigenvalue weighted by Gasteiger charge is -1.96. The summed E-state index contributed by atoms with van der Waals surface area (Å²) < 4.78 is 1.03. The summed E-state index contributed by atoms with van der Waals surface area (Å²) in [5, 5.41) is 0. The van der Waals surface area contributed by atoms with Crippen LogP contribution < -0.4 is 0 Å². The highest BCUT2D eigenvalue weighted by molar-refractivity contribution is 9.10. The van der Waals surface area contributed by atoms with E-state index in [1.807, 2.05) is 25.1 Å². The van der Waals surface area contributed by atoms with E-state index in [2.05, 4.69) is 21.9 Å². The molecule has 0 unspecified atom stereocenters. The van der Waals surface area contributed by atoms with E-state index >= 15 is 0 Å². The number of rotatable bonds is 0. The molecular formula is C9H7Br. The number of aryl methyl sites for hydroxylation is 1. The minimum Gasteiger partial charge on any atom is -0.115 e. The van der Waals surface area contributed by atoms with Gasteiger partial charge >= 0.3 is 0 Å². The fourth-order valence-electron chi connectivity index (χ4n) is 0.750. The van der Waals surface area contributed by atoms with Gasteiger partial charge in [0, 0.05) is 10.0 Å². The van der Waals surface area contributed by atoms with Crippen molar-refractivity contribution in [1.29, 1.82) is 0 Å². The average Bonchev–Trinajstić information content (AvgIpc) is 1.94. The lowest BCUT2D eigenvalue weighted by atomic mass is 10.1. The molecule has 10 heavy (non-hydrogen) atoms. The normalized spacial score (nSPS) is 8.90. The van der Waals surface area contributed by atoms with Gasteiger partial charge in [0.15, 0.2) is 0 Å². The Bertz CT molecular complexity index is 281. The molecule has 0 aliphatic heterocycles. The van der Waals surface area contributed by atoms with Crippen molar-refractivity contribution in [3.8, 4) is 12.3 Å². The van der Waals surface area contributed by atoms with Crippen molar-refractivity contribution in [2.45, 2.75) is 6.92 Å². The summed E-state index contributed by atoms with van der Waals surface area (Å²) in [4.78, 5) is 0. The number of hydrogen-bond donors (Lipinski definition) is 0. The molecule has 50 valence electrons. The van der Waals surface area contributed by atoms with Crippen LogP contribution in [0.15, 0.2) is 22.7 Å². The van der Waals surface area contributed by atoms with Crippen LogP contribution >= 0.6 is 15.9 Å². The van der Waals surface area contributed by atoms with Crippen LogP contribution in [0.2, 0.25) is 0 Å². The Balaban J connectivity index is 3.25. The summed E-state index contributed by atoms with van der Waals surface area (Å²) in [6.07, 6.45) is 5.25. The van der Waals surface area contributed by atoms with E-state index in [9.17, 15) is 0 Å². The Labute approximate surface area is 69.4 Å². The lowest BCUT2D eigenvalue weighted by Crippen LogP contribution is -1.79. The van der Waals surface area contributed by atoms with Gasteiger partial charge < -0.3 is 0 Å². The minimum atomic E-state index is 0.953. The van der Waals surface area contributed by atoms with Gasteiger partial charge in [-0.1, -0.05) is 27.9 Å². The zero-order valence-corrected chi connectivity index (χ0v) is 7.27. The smallest absolute Gasteiger partial charge is 0.0283 e. The summed E-state index contributed by atoms with van der Waals surface area (Å²) in [7, 11) is 0. The molecule has 0 amide bonds. The Morgan fingerprint density at radius 2 is 2.20 bits per heavy atom. The number of terminal acetylenes is 1. The van der Waals surface area contributed by atoms with Gasteiger partial charge in [0.25, 0.3) is 0 Å². The molecule has 0 spiro atoms. The van der Waals surface area contributed by atoms with Crippen molar-refractivity contribution in [3.05, 3.63) is 33.8 Å². The molecule has 0 radical (unpaired) electrons. The van der Waals surface area contributed by atoms with E-state index in [1.165, 1.54) is 0 Å². The van der Waals surface area contributed by atoms with Crippen molar-refractivity contribution in [2.75, 3.05) is 0 Å². The molecule has 0 heterocycles. The summed E-state index contributed by atoms with van der Waals surface area (Å²) in [5.74, 6) is 2.61. The highest BCUT2D eigenvalue weighted by Crippen LogP contribution is 2.14. The maximum absolute atomic E-state index is 5.25. The summed E-state index contributed by atoms with van der Waals surface area (Å²) in [5.41, 5.74) is 2.10. The molecule has 1 aromatic carbocycles. The van der Waals surface area contributed by atoms with Crippen LogP contribution in [0.4, 0.5) is 0 Å². The fourth-order valence-corrected chi connectivity index (χ4v) is 1.11. The van der Waals surface area contributed by atoms with Gasteiger partial charge in [-0.25, -0.2) is 0 Å². The lowest BCUT2D eigenvalue weighted by molar-refractivity contribution is 1.42. The first kappa shape index (κ1) is 7.37. The second-order valence-electron chi connectivity index (χ2n) is 2.10. The van der Waals surface area contributed by atoms with Crippen molar-refractivity contribution < 1.29 is 0 Å². The topological polar surface area (TPSA) is 0 Å². The Kier molecular flexibility index (Phi) is 2.13. The molecule has 0 aliphatic carbocycles. The van der Waals surface area contributed by atoms with Crippen LogP contribution in [0.1, 0.15) is 11.1 Å². The quantitative estimate of drug-likeness (QED) is 0.558. The predicted molar refractivity (Wildman–Crippen MR) is 46.8 cm³/mol. The average molecular weight is 195 g/mol. The van der Waals surface area contributed by atoms with Gasteiger partial charge in [0.1, 0.15) is 0 Å². The second kappa shape index (κ2) is 2.90. The molecule has 0 atom stereocenters. The molecule has 0 nitrogen and oxygen atoms in total. The molecular weight excluding hydrogens is 188 g/mol. The predicted octanol–water partition coefficient (Wildman–Crippen LogP) is 2.74. The first-order valence-corrected chi connectivity index (χ1v) is 3.76. The first-order valence-electron chi connectivity index (χ1n) is 2.97. The molecule has 0 aromatic heterocycles. The zero-order chi connectivity index (χ0) is 7.56. The molecule has 0 aliphatic rings. The third kappa shape index (κ3) is 1.40. The highest BCUT2D eigenvalue weighted by Gasteiger charge is 1.93. The largest absolute Gasteiger partial charge is 0.115 e. The Morgan fingerprint density at radius 3 is 2.70 bits per heavy atom. The molecule has 1 aromatic rings. The molecule has 1 heteroatoms. The number of hydrogen-bond acceptors (Lipinski definition) is 0. The van der Waals surface area contributed by atoms with Crippen LogP contribution in [0.5, 0.6) is 0 Å². The van der Waals surface area contributed by atoms with Gasteiger partial charge in [-0.15, -0.1) is 6.42 Å². The van der Waals surface area contributed by atoms with Gasteiger partial charge in [-0.3, -0.25) is 0 Å². The molecule has 0 saturated heterocycles. The van der Waals surface area contributed by atoms with Crippen LogP contribution in [0.3, 0.4) is 0 Å². The van der Waals surface area contributed by atoms with Crippen molar-refractivity contribution >= 4 is 15.9 Å². The Hall–Kier alpha value is -0.740. The van der Waals surface area contributed by atoms with Crippen molar-refractivity contribution in [1.82, 2.24) is 0 Å². The molecule has 1 rings (SSSR count). The van der Waals surface area contributed by atoms with E-state index < -0.39 is 0 Å².